The molecule has 4 heteroatoms. The largest absolute Gasteiger partial charge is 0.490 e. The Morgan fingerprint density at radius 2 is 2.14 bits per heavy atom. The van der Waals surface area contributed by atoms with E-state index in [1.165, 1.54) is 0 Å². The van der Waals surface area contributed by atoms with Crippen molar-refractivity contribution in [3.8, 4) is 5.75 Å². The quantitative estimate of drug-likeness (QED) is 0.807. The number of benzene rings is 1. The molecule has 78 valence electrons. The first kappa shape index (κ1) is 11.1. The lowest BCUT2D eigenvalue weighted by molar-refractivity contribution is 0.278. The van der Waals surface area contributed by atoms with Gasteiger partial charge in [0.2, 0.25) is 0 Å². The molecule has 0 spiro atoms. The third-order valence-corrected chi connectivity index (χ3v) is 2.19. The summed E-state index contributed by atoms with van der Waals surface area (Å²) in [5.74, 6) is 0.919. The average Bonchev–Trinajstić information content (AvgIpc) is 2.19. The van der Waals surface area contributed by atoms with Crippen LogP contribution in [-0.4, -0.2) is 31.4 Å². The summed E-state index contributed by atoms with van der Waals surface area (Å²) in [5.41, 5.74) is 1.09. The van der Waals surface area contributed by atoms with Crippen LogP contribution in [0.2, 0.25) is 0 Å². The fourth-order valence-electron chi connectivity index (χ4n) is 1.58. The monoisotopic (exact) mass is 215 g/mol. The molecule has 1 aliphatic rings. The molecule has 1 aromatic carbocycles. The molecule has 1 heterocycles. The van der Waals surface area contributed by atoms with Gasteiger partial charge in [0.1, 0.15) is 12.4 Å². The van der Waals surface area contributed by atoms with Gasteiger partial charge in [0.25, 0.3) is 0 Å². The van der Waals surface area contributed by atoms with E-state index in [1.807, 2.05) is 24.3 Å². The van der Waals surface area contributed by atoms with Crippen LogP contribution in [-0.2, 0) is 0 Å². The predicted octanol–water partition coefficient (Wildman–Crippen LogP) is 1.30. The number of hydrogen-bond donors (Lipinski definition) is 1. The highest BCUT2D eigenvalue weighted by Crippen LogP contribution is 2.30. The van der Waals surface area contributed by atoms with Crippen LogP contribution in [0.1, 0.15) is 0 Å². The number of fused-ring (bicyclic) bond motifs is 1. The molecule has 0 saturated heterocycles. The molecule has 2 rings (SSSR count). The highest BCUT2D eigenvalue weighted by Gasteiger charge is 2.15. The number of para-hydroxylation sites is 2. The van der Waals surface area contributed by atoms with E-state index in [2.05, 4.69) is 4.90 Å². The number of aliphatic hydroxyl groups excluding tert-OH is 1. The third kappa shape index (κ3) is 2.11. The van der Waals surface area contributed by atoms with Crippen LogP contribution in [0.3, 0.4) is 0 Å². The molecule has 3 nitrogen and oxygen atoms in total. The van der Waals surface area contributed by atoms with Crippen molar-refractivity contribution in [1.82, 2.24) is 0 Å². The zero-order valence-electron chi connectivity index (χ0n) is 7.85. The lowest BCUT2D eigenvalue weighted by Crippen LogP contribution is -2.34. The molecular weight excluding hydrogens is 202 g/mol. The Hall–Kier alpha value is -0.930. The van der Waals surface area contributed by atoms with Crippen LogP contribution in [0.25, 0.3) is 0 Å². The van der Waals surface area contributed by atoms with Gasteiger partial charge in [-0.05, 0) is 12.1 Å². The molecule has 0 fully saturated rings. The van der Waals surface area contributed by atoms with E-state index in [1.54, 1.807) is 0 Å². The lowest BCUT2D eigenvalue weighted by Gasteiger charge is -2.30. The first-order valence-electron chi connectivity index (χ1n) is 4.49. The first-order valence-corrected chi connectivity index (χ1v) is 4.49. The lowest BCUT2D eigenvalue weighted by atomic mass is 10.2. The minimum Gasteiger partial charge on any atom is -0.490 e. The van der Waals surface area contributed by atoms with Crippen molar-refractivity contribution in [2.45, 2.75) is 0 Å². The SMILES string of the molecule is Cl.OCCN1CCOc2ccccc21. The van der Waals surface area contributed by atoms with Crippen molar-refractivity contribution in [2.24, 2.45) is 0 Å². The molecule has 1 N–H and O–H groups in total. The number of β-amino-alcohol motifs (C(OH)–C–C–N with tert-alkyl or cyclic N) is 1. The van der Waals surface area contributed by atoms with Crippen LogP contribution in [0.15, 0.2) is 24.3 Å². The topological polar surface area (TPSA) is 32.7 Å². The Morgan fingerprint density at radius 3 is 2.93 bits per heavy atom. The Balaban J connectivity index is 0.000000980. The number of halogens is 1. The van der Waals surface area contributed by atoms with E-state index in [0.717, 1.165) is 18.0 Å². The van der Waals surface area contributed by atoms with E-state index in [4.69, 9.17) is 9.84 Å². The number of aliphatic hydroxyl groups is 1. The van der Waals surface area contributed by atoms with Crippen LogP contribution in [0.5, 0.6) is 5.75 Å². The zero-order chi connectivity index (χ0) is 9.10. The minimum atomic E-state index is 0. The zero-order valence-corrected chi connectivity index (χ0v) is 8.67. The van der Waals surface area contributed by atoms with Crippen molar-refractivity contribution in [3.63, 3.8) is 0 Å². The van der Waals surface area contributed by atoms with Gasteiger partial charge in [0, 0.05) is 6.54 Å². The van der Waals surface area contributed by atoms with Gasteiger partial charge in [-0.1, -0.05) is 12.1 Å². The van der Waals surface area contributed by atoms with Crippen molar-refractivity contribution < 1.29 is 9.84 Å². The van der Waals surface area contributed by atoms with E-state index >= 15 is 0 Å². The van der Waals surface area contributed by atoms with Crippen LogP contribution in [0, 0.1) is 0 Å². The number of ether oxygens (including phenoxy) is 1. The molecule has 0 aromatic heterocycles. The van der Waals surface area contributed by atoms with Gasteiger partial charge in [0.05, 0.1) is 18.8 Å². The van der Waals surface area contributed by atoms with Gasteiger partial charge in [0.15, 0.2) is 0 Å². The molecule has 1 aliphatic heterocycles. The molecule has 14 heavy (non-hydrogen) atoms. The molecule has 0 unspecified atom stereocenters. The normalized spacial score (nSPS) is 13.9. The number of hydrogen-bond acceptors (Lipinski definition) is 3. The number of nitrogens with zero attached hydrogens (tertiary/aromatic N) is 1. The molecule has 1 aromatic rings. The Labute approximate surface area is 89.7 Å². The predicted molar refractivity (Wildman–Crippen MR) is 58.5 cm³/mol. The molecular formula is C10H14ClNO2. The van der Waals surface area contributed by atoms with E-state index in [9.17, 15) is 0 Å². The van der Waals surface area contributed by atoms with Gasteiger partial charge in [-0.2, -0.15) is 0 Å². The smallest absolute Gasteiger partial charge is 0.142 e. The van der Waals surface area contributed by atoms with Crippen molar-refractivity contribution in [3.05, 3.63) is 24.3 Å². The Bertz CT molecular complexity index is 293. The molecule has 0 radical (unpaired) electrons. The van der Waals surface area contributed by atoms with E-state index in [0.29, 0.717) is 13.2 Å². The summed E-state index contributed by atoms with van der Waals surface area (Å²) >= 11 is 0. The Kier molecular flexibility index (Phi) is 4.04. The maximum Gasteiger partial charge on any atom is 0.142 e. The maximum atomic E-state index is 8.86. The first-order chi connectivity index (χ1) is 6.42. The van der Waals surface area contributed by atoms with Crippen LogP contribution >= 0.6 is 12.4 Å². The van der Waals surface area contributed by atoms with E-state index in [-0.39, 0.29) is 19.0 Å². The molecule has 0 bridgehead atoms. The van der Waals surface area contributed by atoms with Crippen molar-refractivity contribution in [1.29, 1.82) is 0 Å². The number of rotatable bonds is 2. The third-order valence-electron chi connectivity index (χ3n) is 2.19. The van der Waals surface area contributed by atoms with E-state index < -0.39 is 0 Å². The van der Waals surface area contributed by atoms with Gasteiger partial charge in [-0.25, -0.2) is 0 Å². The summed E-state index contributed by atoms with van der Waals surface area (Å²) in [6, 6.07) is 7.92. The highest BCUT2D eigenvalue weighted by atomic mass is 35.5. The summed E-state index contributed by atoms with van der Waals surface area (Å²) in [7, 11) is 0. The highest BCUT2D eigenvalue weighted by molar-refractivity contribution is 5.85. The van der Waals surface area contributed by atoms with Crippen LogP contribution in [0.4, 0.5) is 5.69 Å². The molecule has 0 amide bonds. The summed E-state index contributed by atoms with van der Waals surface area (Å²) in [4.78, 5) is 2.14. The summed E-state index contributed by atoms with van der Waals surface area (Å²) in [6.07, 6.45) is 0. The second-order valence-corrected chi connectivity index (χ2v) is 3.03. The fraction of sp³-hybridized carbons (Fsp3) is 0.400. The number of anilines is 1. The van der Waals surface area contributed by atoms with Crippen LogP contribution < -0.4 is 9.64 Å². The Morgan fingerprint density at radius 1 is 1.36 bits per heavy atom. The van der Waals surface area contributed by atoms with Crippen molar-refractivity contribution in [2.75, 3.05) is 31.2 Å². The fourth-order valence-corrected chi connectivity index (χ4v) is 1.58. The maximum absolute atomic E-state index is 8.86. The standard InChI is InChI=1S/C10H13NO2.ClH/c12-7-5-11-6-8-13-10-4-2-1-3-9(10)11;/h1-4,12H,5-8H2;1H. The van der Waals surface area contributed by atoms with Gasteiger partial charge >= 0.3 is 0 Å². The molecule has 0 aliphatic carbocycles. The minimum absolute atomic E-state index is 0. The van der Waals surface area contributed by atoms with Gasteiger partial charge in [-0.15, -0.1) is 12.4 Å². The summed E-state index contributed by atoms with van der Waals surface area (Å²) in [5, 5.41) is 8.86. The molecule has 0 saturated carbocycles. The second-order valence-electron chi connectivity index (χ2n) is 3.03. The second kappa shape index (κ2) is 5.08. The van der Waals surface area contributed by atoms with Gasteiger partial charge < -0.3 is 14.7 Å². The summed E-state index contributed by atoms with van der Waals surface area (Å²) in [6.45, 7) is 2.43. The summed E-state index contributed by atoms with van der Waals surface area (Å²) < 4.78 is 5.48. The average molecular weight is 216 g/mol. The molecule has 0 atom stereocenters. The van der Waals surface area contributed by atoms with Gasteiger partial charge in [-0.3, -0.25) is 0 Å². The van der Waals surface area contributed by atoms with Crippen molar-refractivity contribution >= 4 is 18.1 Å².